The van der Waals surface area contributed by atoms with Gasteiger partial charge in [-0.3, -0.25) is 0 Å². The fraction of sp³-hybridized carbons (Fsp3) is 0.250. The molecule has 0 aromatic heterocycles. The lowest BCUT2D eigenvalue weighted by atomic mass is 9.96. The molecule has 1 nitrogen and oxygen atoms in total. The van der Waals surface area contributed by atoms with Gasteiger partial charge in [-0.15, -0.1) is 0 Å². The topological polar surface area (TPSA) is 26.0 Å². The molecular weight excluding hydrogens is 261 g/mol. The smallest absolute Gasteiger partial charge is 0.123 e. The maximum atomic E-state index is 13.3. The fourth-order valence-electron chi connectivity index (χ4n) is 2.05. The minimum atomic E-state index is -0.227. The molecule has 0 fully saturated rings. The number of hydrogen-bond acceptors (Lipinski definition) is 1. The van der Waals surface area contributed by atoms with E-state index in [-0.39, 0.29) is 11.9 Å². The summed E-state index contributed by atoms with van der Waals surface area (Å²) in [5.41, 5.74) is 10.2. The Morgan fingerprint density at radius 3 is 2.47 bits per heavy atom. The molecule has 0 bridgehead atoms. The van der Waals surface area contributed by atoms with E-state index in [1.165, 1.54) is 6.07 Å². The highest BCUT2D eigenvalue weighted by Gasteiger charge is 2.11. The third-order valence-electron chi connectivity index (χ3n) is 3.38. The van der Waals surface area contributed by atoms with Crippen LogP contribution in [-0.4, -0.2) is 0 Å². The van der Waals surface area contributed by atoms with Gasteiger partial charge in [0, 0.05) is 11.1 Å². The van der Waals surface area contributed by atoms with Crippen molar-refractivity contribution in [3.05, 3.63) is 69.5 Å². The van der Waals surface area contributed by atoms with Crippen LogP contribution in [0, 0.1) is 19.7 Å². The van der Waals surface area contributed by atoms with Gasteiger partial charge < -0.3 is 5.73 Å². The lowest BCUT2D eigenvalue weighted by molar-refractivity contribution is 0.621. The molecule has 0 aliphatic heterocycles. The zero-order valence-corrected chi connectivity index (χ0v) is 11.8. The molecule has 100 valence electrons. The summed E-state index contributed by atoms with van der Waals surface area (Å²) in [6, 6.07) is 10.4. The zero-order chi connectivity index (χ0) is 14.0. The number of benzene rings is 2. The normalized spacial score (nSPS) is 12.5. The van der Waals surface area contributed by atoms with Gasteiger partial charge in [0.15, 0.2) is 0 Å². The Morgan fingerprint density at radius 2 is 1.79 bits per heavy atom. The molecule has 0 saturated carbocycles. The molecule has 2 aromatic carbocycles. The van der Waals surface area contributed by atoms with Crippen molar-refractivity contribution in [3.63, 3.8) is 0 Å². The third kappa shape index (κ3) is 3.34. The quantitative estimate of drug-likeness (QED) is 0.887. The van der Waals surface area contributed by atoms with Gasteiger partial charge >= 0.3 is 0 Å². The molecule has 0 aliphatic rings. The highest BCUT2D eigenvalue weighted by atomic mass is 35.5. The Balaban J connectivity index is 2.22. The van der Waals surface area contributed by atoms with Crippen LogP contribution >= 0.6 is 11.6 Å². The molecule has 1 atom stereocenters. The molecule has 0 radical (unpaired) electrons. The second-order valence-electron chi connectivity index (χ2n) is 4.89. The lowest BCUT2D eigenvalue weighted by Gasteiger charge is -2.15. The second kappa shape index (κ2) is 5.72. The predicted molar refractivity (Wildman–Crippen MR) is 78.0 cm³/mol. The van der Waals surface area contributed by atoms with E-state index >= 15 is 0 Å². The van der Waals surface area contributed by atoms with Crippen molar-refractivity contribution in [3.8, 4) is 0 Å². The largest absolute Gasteiger partial charge is 0.324 e. The minimum absolute atomic E-state index is 0.182. The molecule has 2 N–H and O–H groups in total. The van der Waals surface area contributed by atoms with Gasteiger partial charge in [0.1, 0.15) is 5.82 Å². The first kappa shape index (κ1) is 14.0. The van der Waals surface area contributed by atoms with Crippen molar-refractivity contribution in [1.82, 2.24) is 0 Å². The first-order chi connectivity index (χ1) is 8.97. The first-order valence-corrected chi connectivity index (χ1v) is 6.62. The Kier molecular flexibility index (Phi) is 4.23. The van der Waals surface area contributed by atoms with E-state index in [1.54, 1.807) is 12.1 Å². The number of hydrogen-bond donors (Lipinski definition) is 1. The number of aryl methyl sites for hydroxylation is 2. The summed E-state index contributed by atoms with van der Waals surface area (Å²) in [7, 11) is 0. The average Bonchev–Trinajstić information content (AvgIpc) is 2.37. The highest BCUT2D eigenvalue weighted by Crippen LogP contribution is 2.23. The Bertz CT molecular complexity index is 595. The standard InChI is InChI=1S/C16H17ClFN/c1-10-4-6-14(18)7-13(10)9-16(19)12-5-3-11(2)15(17)8-12/h3-8,16H,9,19H2,1-2H3. The van der Waals surface area contributed by atoms with Crippen molar-refractivity contribution in [2.45, 2.75) is 26.3 Å². The van der Waals surface area contributed by atoms with Gasteiger partial charge in [-0.05, 0) is 60.7 Å². The molecule has 0 amide bonds. The van der Waals surface area contributed by atoms with Crippen molar-refractivity contribution in [2.75, 3.05) is 0 Å². The van der Waals surface area contributed by atoms with Crippen LogP contribution in [-0.2, 0) is 6.42 Å². The minimum Gasteiger partial charge on any atom is -0.324 e. The predicted octanol–water partition coefficient (Wildman–Crippen LogP) is 4.34. The molecule has 0 aliphatic carbocycles. The van der Waals surface area contributed by atoms with Gasteiger partial charge in [0.2, 0.25) is 0 Å². The van der Waals surface area contributed by atoms with Crippen molar-refractivity contribution in [2.24, 2.45) is 5.73 Å². The van der Waals surface area contributed by atoms with Crippen LogP contribution in [0.25, 0.3) is 0 Å². The fourth-order valence-corrected chi connectivity index (χ4v) is 2.24. The maximum Gasteiger partial charge on any atom is 0.123 e. The summed E-state index contributed by atoms with van der Waals surface area (Å²) in [4.78, 5) is 0. The van der Waals surface area contributed by atoms with E-state index in [9.17, 15) is 4.39 Å². The number of rotatable bonds is 3. The number of nitrogens with two attached hydrogens (primary N) is 1. The third-order valence-corrected chi connectivity index (χ3v) is 3.78. The SMILES string of the molecule is Cc1ccc(C(N)Cc2cc(F)ccc2C)cc1Cl. The van der Waals surface area contributed by atoms with Crippen molar-refractivity contribution >= 4 is 11.6 Å². The molecule has 19 heavy (non-hydrogen) atoms. The van der Waals surface area contributed by atoms with Gasteiger partial charge in [0.25, 0.3) is 0 Å². The van der Waals surface area contributed by atoms with E-state index in [0.29, 0.717) is 11.4 Å². The summed E-state index contributed by atoms with van der Waals surface area (Å²) in [5, 5.41) is 0.712. The van der Waals surface area contributed by atoms with E-state index < -0.39 is 0 Å². The molecule has 0 saturated heterocycles. The van der Waals surface area contributed by atoms with Crippen LogP contribution in [0.3, 0.4) is 0 Å². The highest BCUT2D eigenvalue weighted by molar-refractivity contribution is 6.31. The maximum absolute atomic E-state index is 13.3. The monoisotopic (exact) mass is 277 g/mol. The first-order valence-electron chi connectivity index (χ1n) is 6.24. The van der Waals surface area contributed by atoms with Crippen molar-refractivity contribution < 1.29 is 4.39 Å². The van der Waals surface area contributed by atoms with E-state index in [0.717, 1.165) is 22.3 Å². The molecule has 2 aromatic rings. The zero-order valence-electron chi connectivity index (χ0n) is 11.1. The Hall–Kier alpha value is -1.38. The average molecular weight is 278 g/mol. The lowest BCUT2D eigenvalue weighted by Crippen LogP contribution is -2.14. The van der Waals surface area contributed by atoms with E-state index in [4.69, 9.17) is 17.3 Å². The van der Waals surface area contributed by atoms with Gasteiger partial charge in [-0.2, -0.15) is 0 Å². The van der Waals surface area contributed by atoms with Gasteiger partial charge in [-0.1, -0.05) is 29.8 Å². The van der Waals surface area contributed by atoms with Crippen molar-refractivity contribution in [1.29, 1.82) is 0 Å². The van der Waals surface area contributed by atoms with Gasteiger partial charge in [0.05, 0.1) is 0 Å². The molecule has 1 unspecified atom stereocenters. The van der Waals surface area contributed by atoms with Crippen LogP contribution in [0.15, 0.2) is 36.4 Å². The van der Waals surface area contributed by atoms with Crippen LogP contribution in [0.5, 0.6) is 0 Å². The van der Waals surface area contributed by atoms with E-state index in [2.05, 4.69) is 0 Å². The van der Waals surface area contributed by atoms with Crippen LogP contribution in [0.2, 0.25) is 5.02 Å². The summed E-state index contributed by atoms with van der Waals surface area (Å²) in [5.74, 6) is -0.227. The van der Waals surface area contributed by atoms with E-state index in [1.807, 2.05) is 32.0 Å². The molecule has 2 rings (SSSR count). The Labute approximate surface area is 118 Å². The summed E-state index contributed by atoms with van der Waals surface area (Å²) >= 11 is 6.10. The molecule has 0 heterocycles. The van der Waals surface area contributed by atoms with Crippen LogP contribution < -0.4 is 5.73 Å². The molecular formula is C16H17ClFN. The second-order valence-corrected chi connectivity index (χ2v) is 5.30. The molecule has 0 spiro atoms. The van der Waals surface area contributed by atoms with Crippen LogP contribution in [0.1, 0.15) is 28.3 Å². The summed E-state index contributed by atoms with van der Waals surface area (Å²) in [6.45, 7) is 3.91. The molecule has 3 heteroatoms. The Morgan fingerprint density at radius 1 is 1.11 bits per heavy atom. The van der Waals surface area contributed by atoms with Gasteiger partial charge in [-0.25, -0.2) is 4.39 Å². The summed E-state index contributed by atoms with van der Waals surface area (Å²) < 4.78 is 13.3. The van der Waals surface area contributed by atoms with Crippen LogP contribution in [0.4, 0.5) is 4.39 Å². The number of halogens is 2. The summed E-state index contributed by atoms with van der Waals surface area (Å²) in [6.07, 6.45) is 0.600.